The van der Waals surface area contributed by atoms with Crippen molar-refractivity contribution in [3.63, 3.8) is 0 Å². The van der Waals surface area contributed by atoms with Gasteiger partial charge in [0.15, 0.2) is 0 Å². The molecule has 0 fully saturated rings. The third-order valence-electron chi connectivity index (χ3n) is 2.81. The van der Waals surface area contributed by atoms with Crippen LogP contribution >= 0.6 is 11.6 Å². The van der Waals surface area contributed by atoms with E-state index in [1.54, 1.807) is 7.11 Å². The molecule has 19 heavy (non-hydrogen) atoms. The molecule has 0 aliphatic carbocycles. The first-order valence-corrected chi connectivity index (χ1v) is 7.06. The van der Waals surface area contributed by atoms with Gasteiger partial charge in [0.2, 0.25) is 0 Å². The van der Waals surface area contributed by atoms with E-state index in [0.717, 1.165) is 22.9 Å². The number of ether oxygens (including phenoxy) is 2. The van der Waals surface area contributed by atoms with Crippen molar-refractivity contribution in [2.45, 2.75) is 33.4 Å². The summed E-state index contributed by atoms with van der Waals surface area (Å²) in [4.78, 5) is 0. The van der Waals surface area contributed by atoms with E-state index in [9.17, 15) is 0 Å². The van der Waals surface area contributed by atoms with Crippen LogP contribution in [0.5, 0.6) is 5.75 Å². The number of benzene rings is 1. The first-order chi connectivity index (χ1) is 9.04. The second-order valence-corrected chi connectivity index (χ2v) is 5.51. The van der Waals surface area contributed by atoms with Crippen molar-refractivity contribution in [2.24, 2.45) is 5.92 Å². The molecule has 3 nitrogen and oxygen atoms in total. The molecule has 0 aromatic heterocycles. The second kappa shape index (κ2) is 8.41. The maximum Gasteiger partial charge on any atom is 0.125 e. The third-order valence-corrected chi connectivity index (χ3v) is 3.16. The maximum atomic E-state index is 6.24. The summed E-state index contributed by atoms with van der Waals surface area (Å²) in [6.07, 6.45) is 0.0652. The lowest BCUT2D eigenvalue weighted by atomic mass is 10.1. The van der Waals surface area contributed by atoms with Crippen LogP contribution in [0.2, 0.25) is 5.02 Å². The lowest BCUT2D eigenvalue weighted by Crippen LogP contribution is -2.21. The zero-order valence-electron chi connectivity index (χ0n) is 12.2. The zero-order chi connectivity index (χ0) is 14.3. The Hall–Kier alpha value is -0.770. The number of halogens is 1. The Morgan fingerprint density at radius 1 is 1.26 bits per heavy atom. The third kappa shape index (κ3) is 5.81. The average Bonchev–Trinajstić information content (AvgIpc) is 2.38. The topological polar surface area (TPSA) is 30.5 Å². The summed E-state index contributed by atoms with van der Waals surface area (Å²) in [5, 5.41) is 4.12. The van der Waals surface area contributed by atoms with Gasteiger partial charge in [-0.1, -0.05) is 31.5 Å². The van der Waals surface area contributed by atoms with Crippen LogP contribution in [-0.2, 0) is 11.3 Å². The van der Waals surface area contributed by atoms with Crippen molar-refractivity contribution < 1.29 is 9.47 Å². The van der Waals surface area contributed by atoms with Crippen molar-refractivity contribution in [2.75, 3.05) is 20.3 Å². The van der Waals surface area contributed by atoms with E-state index in [2.05, 4.69) is 19.2 Å². The maximum absolute atomic E-state index is 6.24. The molecule has 0 saturated carbocycles. The highest BCUT2D eigenvalue weighted by Gasteiger charge is 2.09. The Morgan fingerprint density at radius 2 is 2.00 bits per heavy atom. The largest absolute Gasteiger partial charge is 0.491 e. The molecule has 0 amide bonds. The van der Waals surface area contributed by atoms with Gasteiger partial charge in [0, 0.05) is 24.2 Å². The summed E-state index contributed by atoms with van der Waals surface area (Å²) in [6.45, 7) is 8.53. The first kappa shape index (κ1) is 16.3. The Balaban J connectivity index is 2.66. The van der Waals surface area contributed by atoms with Crippen LogP contribution in [0.3, 0.4) is 0 Å². The normalized spacial score (nSPS) is 12.7. The van der Waals surface area contributed by atoms with Crippen LogP contribution in [0.25, 0.3) is 0 Å². The van der Waals surface area contributed by atoms with E-state index in [1.165, 1.54) is 0 Å². The average molecular weight is 286 g/mol. The number of methoxy groups -OCH3 is 1. The minimum absolute atomic E-state index is 0.0652. The molecule has 0 aliphatic rings. The van der Waals surface area contributed by atoms with E-state index >= 15 is 0 Å². The highest BCUT2D eigenvalue weighted by atomic mass is 35.5. The van der Waals surface area contributed by atoms with Crippen molar-refractivity contribution >= 4 is 11.6 Å². The van der Waals surface area contributed by atoms with Crippen molar-refractivity contribution in [1.29, 1.82) is 0 Å². The number of nitrogens with one attached hydrogen (secondary N) is 1. The summed E-state index contributed by atoms with van der Waals surface area (Å²) >= 11 is 6.24. The minimum atomic E-state index is 0.0652. The van der Waals surface area contributed by atoms with Crippen molar-refractivity contribution in [3.05, 3.63) is 28.8 Å². The molecule has 108 valence electrons. The molecular weight excluding hydrogens is 262 g/mol. The van der Waals surface area contributed by atoms with Gasteiger partial charge in [-0.3, -0.25) is 0 Å². The van der Waals surface area contributed by atoms with Gasteiger partial charge < -0.3 is 14.8 Å². The van der Waals surface area contributed by atoms with Gasteiger partial charge >= 0.3 is 0 Å². The van der Waals surface area contributed by atoms with E-state index in [4.69, 9.17) is 21.1 Å². The van der Waals surface area contributed by atoms with Crippen LogP contribution in [-0.4, -0.2) is 26.4 Å². The van der Waals surface area contributed by atoms with E-state index in [1.807, 2.05) is 25.1 Å². The van der Waals surface area contributed by atoms with Gasteiger partial charge in [0.25, 0.3) is 0 Å². The molecule has 4 heteroatoms. The Kier molecular flexibility index (Phi) is 7.21. The molecule has 1 rings (SSSR count). The number of rotatable bonds is 8. The lowest BCUT2D eigenvalue weighted by molar-refractivity contribution is 0.0713. The zero-order valence-corrected chi connectivity index (χ0v) is 13.0. The van der Waals surface area contributed by atoms with Crippen molar-refractivity contribution in [3.8, 4) is 5.75 Å². The quantitative estimate of drug-likeness (QED) is 0.793. The first-order valence-electron chi connectivity index (χ1n) is 6.68. The molecule has 0 aliphatic heterocycles. The summed E-state index contributed by atoms with van der Waals surface area (Å²) in [5.74, 6) is 1.44. The predicted octanol–water partition coefficient (Wildman–Crippen LogP) is 3.50. The predicted molar refractivity (Wildman–Crippen MR) is 80.0 cm³/mol. The lowest BCUT2D eigenvalue weighted by Gasteiger charge is -2.16. The molecule has 0 radical (unpaired) electrons. The van der Waals surface area contributed by atoms with E-state index in [-0.39, 0.29) is 6.10 Å². The number of hydrogen-bond donors (Lipinski definition) is 1. The molecule has 0 saturated heterocycles. The molecular formula is C15H24ClNO2. The van der Waals surface area contributed by atoms with Crippen LogP contribution in [0.15, 0.2) is 18.2 Å². The molecule has 1 aromatic carbocycles. The molecule has 1 aromatic rings. The molecule has 0 heterocycles. The van der Waals surface area contributed by atoms with Gasteiger partial charge in [-0.05, 0) is 31.5 Å². The summed E-state index contributed by atoms with van der Waals surface area (Å²) in [5.41, 5.74) is 1.01. The Bertz CT molecular complexity index is 382. The molecule has 1 unspecified atom stereocenters. The monoisotopic (exact) mass is 285 g/mol. The van der Waals surface area contributed by atoms with Gasteiger partial charge in [-0.25, -0.2) is 0 Å². The molecule has 1 atom stereocenters. The summed E-state index contributed by atoms with van der Waals surface area (Å²) in [7, 11) is 1.68. The highest BCUT2D eigenvalue weighted by molar-refractivity contribution is 6.31. The van der Waals surface area contributed by atoms with Crippen LogP contribution in [0.4, 0.5) is 0 Å². The van der Waals surface area contributed by atoms with Crippen LogP contribution in [0.1, 0.15) is 26.3 Å². The fourth-order valence-corrected chi connectivity index (χ4v) is 1.84. The van der Waals surface area contributed by atoms with Crippen LogP contribution < -0.4 is 10.1 Å². The SMILES string of the molecule is COC(C)COc1cccc(Cl)c1CNCC(C)C. The fraction of sp³-hybridized carbons (Fsp3) is 0.600. The van der Waals surface area contributed by atoms with Gasteiger partial charge in [0.05, 0.1) is 6.10 Å². The van der Waals surface area contributed by atoms with Gasteiger partial charge in [0.1, 0.15) is 12.4 Å². The Morgan fingerprint density at radius 3 is 2.63 bits per heavy atom. The standard InChI is InChI=1S/C15H24ClNO2/c1-11(2)8-17-9-13-14(16)6-5-7-15(13)19-10-12(3)18-4/h5-7,11-12,17H,8-10H2,1-4H3. The molecule has 0 bridgehead atoms. The highest BCUT2D eigenvalue weighted by Crippen LogP contribution is 2.26. The van der Waals surface area contributed by atoms with E-state index < -0.39 is 0 Å². The minimum Gasteiger partial charge on any atom is -0.491 e. The summed E-state index contributed by atoms with van der Waals surface area (Å²) < 4.78 is 11.0. The van der Waals surface area contributed by atoms with E-state index in [0.29, 0.717) is 19.1 Å². The van der Waals surface area contributed by atoms with Crippen molar-refractivity contribution in [1.82, 2.24) is 5.32 Å². The van der Waals surface area contributed by atoms with Gasteiger partial charge in [-0.15, -0.1) is 0 Å². The summed E-state index contributed by atoms with van der Waals surface area (Å²) in [6, 6.07) is 5.74. The van der Waals surface area contributed by atoms with Gasteiger partial charge in [-0.2, -0.15) is 0 Å². The Labute approximate surface area is 121 Å². The van der Waals surface area contributed by atoms with Crippen LogP contribution in [0, 0.1) is 5.92 Å². The number of hydrogen-bond acceptors (Lipinski definition) is 3. The smallest absolute Gasteiger partial charge is 0.125 e. The second-order valence-electron chi connectivity index (χ2n) is 5.10. The molecule has 1 N–H and O–H groups in total. The molecule has 0 spiro atoms. The fourth-order valence-electron chi connectivity index (χ4n) is 1.61.